The van der Waals surface area contributed by atoms with Crippen molar-refractivity contribution in [3.8, 4) is 0 Å². The van der Waals surface area contributed by atoms with Gasteiger partial charge >= 0.3 is 6.09 Å². The molecule has 7 heteroatoms. The zero-order valence-electron chi connectivity index (χ0n) is 15.5. The second-order valence-electron chi connectivity index (χ2n) is 7.95. The van der Waals surface area contributed by atoms with Gasteiger partial charge in [0.25, 0.3) is 0 Å². The molecule has 1 aliphatic carbocycles. The zero-order valence-corrected chi connectivity index (χ0v) is 16.5. The van der Waals surface area contributed by atoms with Crippen molar-refractivity contribution in [2.45, 2.75) is 57.8 Å². The van der Waals surface area contributed by atoms with Gasteiger partial charge in [0.05, 0.1) is 24.3 Å². The van der Waals surface area contributed by atoms with E-state index in [1.54, 1.807) is 7.11 Å². The predicted molar refractivity (Wildman–Crippen MR) is 92.9 cm³/mol. The van der Waals surface area contributed by atoms with Crippen molar-refractivity contribution in [3.63, 3.8) is 0 Å². The second kappa shape index (κ2) is 6.88. The fourth-order valence-electron chi connectivity index (χ4n) is 2.70. The molecule has 0 radical (unpaired) electrons. The molecular weight excluding hydrogens is 326 g/mol. The molecule has 0 aromatic rings. The number of rotatable bonds is 4. The van der Waals surface area contributed by atoms with Crippen molar-refractivity contribution < 1.29 is 23.5 Å². The molecule has 136 valence electrons. The number of cyclic esters (lactones) is 1. The third-order valence-electron chi connectivity index (χ3n) is 5.26. The fraction of sp³-hybridized carbons (Fsp3) is 0.765. The highest BCUT2D eigenvalue weighted by molar-refractivity contribution is 6.74. The maximum atomic E-state index is 12.6. The molecule has 0 aromatic carbocycles. The monoisotopic (exact) mass is 355 g/mol. The summed E-state index contributed by atoms with van der Waals surface area (Å²) >= 11 is 0. The van der Waals surface area contributed by atoms with E-state index >= 15 is 0 Å². The highest BCUT2D eigenvalue weighted by Gasteiger charge is 2.42. The largest absolute Gasteiger partial charge is 0.547 e. The lowest BCUT2D eigenvalue weighted by atomic mass is 9.89. The van der Waals surface area contributed by atoms with Crippen LogP contribution in [-0.4, -0.2) is 51.6 Å². The van der Waals surface area contributed by atoms with E-state index in [2.05, 4.69) is 33.9 Å². The minimum atomic E-state index is -1.91. The molecule has 0 saturated carbocycles. The van der Waals surface area contributed by atoms with Crippen molar-refractivity contribution >= 4 is 20.3 Å². The maximum absolute atomic E-state index is 12.6. The summed E-state index contributed by atoms with van der Waals surface area (Å²) in [7, 11) is -0.331. The van der Waals surface area contributed by atoms with E-state index in [0.717, 1.165) is 5.76 Å². The fourth-order valence-corrected chi connectivity index (χ4v) is 3.83. The Morgan fingerprint density at radius 2 is 2.04 bits per heavy atom. The standard InChI is InChI=1S/C17H29NO5Si/c1-17(2,3)24(5,6)23-12-7-8-13(14(11-12)21-4)15(19)18-9-10-22-16(18)20/h11,13-14H,7-10H2,1-6H3/t13-,14-/m0/s1. The summed E-state index contributed by atoms with van der Waals surface area (Å²) in [6.07, 6.45) is 2.28. The first-order valence-electron chi connectivity index (χ1n) is 8.47. The smallest absolute Gasteiger partial charge is 0.416 e. The summed E-state index contributed by atoms with van der Waals surface area (Å²) < 4.78 is 16.7. The van der Waals surface area contributed by atoms with Crippen LogP contribution < -0.4 is 0 Å². The van der Waals surface area contributed by atoms with Gasteiger partial charge in [-0.25, -0.2) is 9.69 Å². The van der Waals surface area contributed by atoms with Crippen molar-refractivity contribution in [1.82, 2.24) is 4.90 Å². The highest BCUT2D eigenvalue weighted by atomic mass is 28.4. The summed E-state index contributed by atoms with van der Waals surface area (Å²) in [6, 6.07) is 0. The van der Waals surface area contributed by atoms with Crippen LogP contribution in [0.2, 0.25) is 18.1 Å². The van der Waals surface area contributed by atoms with Gasteiger partial charge in [0.15, 0.2) is 0 Å². The summed E-state index contributed by atoms with van der Waals surface area (Å²) in [5.74, 6) is 0.320. The van der Waals surface area contributed by atoms with Crippen LogP contribution in [0.1, 0.15) is 33.6 Å². The topological polar surface area (TPSA) is 65.1 Å². The third-order valence-corrected chi connectivity index (χ3v) is 9.64. The van der Waals surface area contributed by atoms with Gasteiger partial charge in [-0.3, -0.25) is 4.79 Å². The Morgan fingerprint density at radius 1 is 1.38 bits per heavy atom. The molecule has 24 heavy (non-hydrogen) atoms. The molecule has 0 unspecified atom stereocenters. The van der Waals surface area contributed by atoms with Gasteiger partial charge in [0.2, 0.25) is 14.2 Å². The average Bonchev–Trinajstić information content (AvgIpc) is 2.91. The van der Waals surface area contributed by atoms with Gasteiger partial charge in [-0.1, -0.05) is 20.8 Å². The molecular formula is C17H29NO5Si. The van der Waals surface area contributed by atoms with Crippen LogP contribution in [0, 0.1) is 5.92 Å². The number of carbonyl (C=O) groups excluding carboxylic acids is 2. The summed E-state index contributed by atoms with van der Waals surface area (Å²) in [5.41, 5.74) is 0. The molecule has 0 N–H and O–H groups in total. The Morgan fingerprint density at radius 3 is 2.54 bits per heavy atom. The number of ether oxygens (including phenoxy) is 2. The molecule has 6 nitrogen and oxygen atoms in total. The van der Waals surface area contributed by atoms with Crippen LogP contribution in [0.5, 0.6) is 0 Å². The van der Waals surface area contributed by atoms with Gasteiger partial charge in [-0.05, 0) is 30.6 Å². The minimum Gasteiger partial charge on any atom is -0.547 e. The van der Waals surface area contributed by atoms with Crippen molar-refractivity contribution in [3.05, 3.63) is 11.8 Å². The molecule has 0 spiro atoms. The van der Waals surface area contributed by atoms with Crippen molar-refractivity contribution in [1.29, 1.82) is 0 Å². The van der Waals surface area contributed by atoms with Crippen molar-refractivity contribution in [2.24, 2.45) is 5.92 Å². The van der Waals surface area contributed by atoms with Crippen LogP contribution in [0.25, 0.3) is 0 Å². The molecule has 0 aromatic heterocycles. The third kappa shape index (κ3) is 3.83. The van der Waals surface area contributed by atoms with Crippen LogP contribution >= 0.6 is 0 Å². The average molecular weight is 356 g/mol. The molecule has 2 atom stereocenters. The van der Waals surface area contributed by atoms with Crippen molar-refractivity contribution in [2.75, 3.05) is 20.3 Å². The van der Waals surface area contributed by atoms with E-state index in [1.165, 1.54) is 4.90 Å². The number of hydrogen-bond donors (Lipinski definition) is 0. The summed E-state index contributed by atoms with van der Waals surface area (Å²) in [6.45, 7) is 11.6. The maximum Gasteiger partial charge on any atom is 0.416 e. The Balaban J connectivity index is 2.11. The lowest BCUT2D eigenvalue weighted by Gasteiger charge is -2.39. The second-order valence-corrected chi connectivity index (χ2v) is 12.7. The number of hydrogen-bond acceptors (Lipinski definition) is 5. The lowest BCUT2D eigenvalue weighted by molar-refractivity contribution is -0.136. The molecule has 1 aliphatic heterocycles. The normalized spacial score (nSPS) is 25.3. The van der Waals surface area contributed by atoms with Crippen LogP contribution in [0.15, 0.2) is 11.8 Å². The predicted octanol–water partition coefficient (Wildman–Crippen LogP) is 3.30. The van der Waals surface area contributed by atoms with Gasteiger partial charge in [0, 0.05) is 13.5 Å². The van der Waals surface area contributed by atoms with E-state index in [1.807, 2.05) is 6.08 Å². The van der Waals surface area contributed by atoms with Gasteiger partial charge in [-0.15, -0.1) is 0 Å². The first-order valence-corrected chi connectivity index (χ1v) is 11.4. The van der Waals surface area contributed by atoms with Gasteiger partial charge in [-0.2, -0.15) is 0 Å². The number of carbonyl (C=O) groups is 2. The summed E-state index contributed by atoms with van der Waals surface area (Å²) in [4.78, 5) is 25.4. The quantitative estimate of drug-likeness (QED) is 0.724. The molecule has 2 amide bonds. The first-order chi connectivity index (χ1) is 11.1. The number of methoxy groups -OCH3 is 1. The molecule has 2 rings (SSSR count). The van der Waals surface area contributed by atoms with E-state index < -0.39 is 14.4 Å². The van der Waals surface area contributed by atoms with Crippen LogP contribution in [0.4, 0.5) is 4.79 Å². The molecule has 1 saturated heterocycles. The van der Waals surface area contributed by atoms with Crippen LogP contribution in [0.3, 0.4) is 0 Å². The van der Waals surface area contributed by atoms with Crippen LogP contribution in [-0.2, 0) is 18.7 Å². The number of allylic oxidation sites excluding steroid dienone is 1. The Labute approximate surface area is 145 Å². The number of amides is 2. The Hall–Kier alpha value is -1.34. The van der Waals surface area contributed by atoms with E-state index in [-0.39, 0.29) is 29.6 Å². The summed E-state index contributed by atoms with van der Waals surface area (Å²) in [5, 5.41) is 0.113. The number of imide groups is 1. The molecule has 2 aliphatic rings. The minimum absolute atomic E-state index is 0.113. The zero-order chi connectivity index (χ0) is 18.1. The Kier molecular flexibility index (Phi) is 5.44. The Bertz CT molecular complexity index is 538. The molecule has 1 fully saturated rings. The van der Waals surface area contributed by atoms with E-state index in [4.69, 9.17) is 13.9 Å². The van der Waals surface area contributed by atoms with E-state index in [9.17, 15) is 9.59 Å². The molecule has 1 heterocycles. The number of nitrogens with zero attached hydrogens (tertiary/aromatic N) is 1. The lowest BCUT2D eigenvalue weighted by Crippen LogP contribution is -2.44. The first kappa shape index (κ1) is 19.0. The molecule has 0 bridgehead atoms. The van der Waals surface area contributed by atoms with Gasteiger partial charge in [0.1, 0.15) is 6.61 Å². The highest BCUT2D eigenvalue weighted by Crippen LogP contribution is 2.40. The van der Waals surface area contributed by atoms with E-state index in [0.29, 0.717) is 19.4 Å². The SMILES string of the molecule is CO[C@H]1C=C(O[Si](C)(C)C(C)(C)C)CC[C@@H]1C(=O)N1CCOC1=O. The van der Waals surface area contributed by atoms with Gasteiger partial charge < -0.3 is 13.9 Å².